The lowest BCUT2D eigenvalue weighted by molar-refractivity contribution is -0.119. The van der Waals surface area contributed by atoms with E-state index in [4.69, 9.17) is 0 Å². The monoisotopic (exact) mass is 304 g/mol. The number of carbonyl (C=O) groups is 2. The van der Waals surface area contributed by atoms with E-state index >= 15 is 0 Å². The number of rotatable bonds is 4. The standard InChI is InChI=1S/C14H20N6O2/c21-11-17-1-5-19(6-2-17)13-9-14(16-10-15-13)20-7-3-18(12-22)4-8-20/h9-12H,1-8H2. The predicted molar refractivity (Wildman–Crippen MR) is 81.7 cm³/mol. The molecule has 0 aromatic carbocycles. The number of hydrogen-bond acceptors (Lipinski definition) is 6. The van der Waals surface area contributed by atoms with E-state index in [0.717, 1.165) is 76.8 Å². The molecule has 0 radical (unpaired) electrons. The molecule has 2 aliphatic rings. The zero-order valence-electron chi connectivity index (χ0n) is 12.5. The third-order valence-corrected chi connectivity index (χ3v) is 4.21. The van der Waals surface area contributed by atoms with Gasteiger partial charge in [-0.05, 0) is 0 Å². The Morgan fingerprint density at radius 3 is 1.50 bits per heavy atom. The first-order valence-electron chi connectivity index (χ1n) is 7.51. The maximum absolute atomic E-state index is 10.8. The zero-order chi connectivity index (χ0) is 15.4. The molecule has 0 spiro atoms. The molecule has 1 aromatic heterocycles. The van der Waals surface area contributed by atoms with Gasteiger partial charge in [-0.2, -0.15) is 0 Å². The van der Waals surface area contributed by atoms with Crippen molar-refractivity contribution in [1.82, 2.24) is 19.8 Å². The van der Waals surface area contributed by atoms with E-state index < -0.39 is 0 Å². The van der Waals surface area contributed by atoms with Crippen LogP contribution in [0.1, 0.15) is 0 Å². The van der Waals surface area contributed by atoms with Crippen LogP contribution in [0.25, 0.3) is 0 Å². The Morgan fingerprint density at radius 2 is 1.14 bits per heavy atom. The molecule has 2 fully saturated rings. The highest BCUT2D eigenvalue weighted by Gasteiger charge is 2.20. The van der Waals surface area contributed by atoms with Crippen molar-refractivity contribution >= 4 is 24.5 Å². The van der Waals surface area contributed by atoms with Gasteiger partial charge in [-0.3, -0.25) is 9.59 Å². The quantitative estimate of drug-likeness (QED) is 0.667. The molecule has 8 heteroatoms. The van der Waals surface area contributed by atoms with Gasteiger partial charge < -0.3 is 19.6 Å². The Labute approximate surface area is 129 Å². The minimum absolute atomic E-state index is 0.723. The number of carbonyl (C=O) groups excluding carboxylic acids is 2. The van der Waals surface area contributed by atoms with Crippen LogP contribution in [0, 0.1) is 0 Å². The molecule has 2 saturated heterocycles. The van der Waals surface area contributed by atoms with Crippen LogP contribution in [0.15, 0.2) is 12.4 Å². The summed E-state index contributed by atoms with van der Waals surface area (Å²) in [5.74, 6) is 1.79. The number of nitrogens with zero attached hydrogens (tertiary/aromatic N) is 6. The maximum atomic E-state index is 10.8. The smallest absolute Gasteiger partial charge is 0.209 e. The number of amides is 2. The SMILES string of the molecule is O=CN1CCN(c2cc(N3CCN(C=O)CC3)ncn2)CC1. The highest BCUT2D eigenvalue weighted by Crippen LogP contribution is 2.19. The van der Waals surface area contributed by atoms with Gasteiger partial charge >= 0.3 is 0 Å². The van der Waals surface area contributed by atoms with Gasteiger partial charge in [0, 0.05) is 58.4 Å². The second kappa shape index (κ2) is 6.59. The van der Waals surface area contributed by atoms with E-state index in [1.807, 2.05) is 6.07 Å². The average molecular weight is 304 g/mol. The van der Waals surface area contributed by atoms with Crippen LogP contribution in [0.5, 0.6) is 0 Å². The van der Waals surface area contributed by atoms with E-state index in [9.17, 15) is 9.59 Å². The Kier molecular flexibility index (Phi) is 4.36. The van der Waals surface area contributed by atoms with Gasteiger partial charge in [0.25, 0.3) is 0 Å². The van der Waals surface area contributed by atoms with E-state index in [1.54, 1.807) is 16.1 Å². The Hall–Kier alpha value is -2.38. The summed E-state index contributed by atoms with van der Waals surface area (Å²) in [7, 11) is 0. The summed E-state index contributed by atoms with van der Waals surface area (Å²) in [4.78, 5) is 38.1. The molecule has 0 saturated carbocycles. The molecule has 2 amide bonds. The van der Waals surface area contributed by atoms with Crippen molar-refractivity contribution in [1.29, 1.82) is 0 Å². The van der Waals surface area contributed by atoms with Crippen molar-refractivity contribution in [3.63, 3.8) is 0 Å². The van der Waals surface area contributed by atoms with Crippen molar-refractivity contribution < 1.29 is 9.59 Å². The fraction of sp³-hybridized carbons (Fsp3) is 0.571. The molecular formula is C14H20N6O2. The van der Waals surface area contributed by atoms with Crippen LogP contribution in [0.2, 0.25) is 0 Å². The van der Waals surface area contributed by atoms with Crippen LogP contribution in [-0.4, -0.2) is 84.9 Å². The minimum atomic E-state index is 0.723. The lowest BCUT2D eigenvalue weighted by Gasteiger charge is -2.35. The fourth-order valence-corrected chi connectivity index (χ4v) is 2.80. The Bertz CT molecular complexity index is 481. The van der Waals surface area contributed by atoms with Crippen molar-refractivity contribution in [2.24, 2.45) is 0 Å². The highest BCUT2D eigenvalue weighted by molar-refractivity contribution is 5.53. The van der Waals surface area contributed by atoms with Gasteiger partial charge in [0.15, 0.2) is 0 Å². The summed E-state index contributed by atoms with van der Waals surface area (Å²) in [5.41, 5.74) is 0. The minimum Gasteiger partial charge on any atom is -0.353 e. The fourth-order valence-electron chi connectivity index (χ4n) is 2.80. The largest absolute Gasteiger partial charge is 0.353 e. The maximum Gasteiger partial charge on any atom is 0.209 e. The second-order valence-electron chi connectivity index (χ2n) is 5.49. The second-order valence-corrected chi connectivity index (χ2v) is 5.49. The van der Waals surface area contributed by atoms with Gasteiger partial charge in [0.05, 0.1) is 0 Å². The van der Waals surface area contributed by atoms with E-state index in [2.05, 4.69) is 19.8 Å². The summed E-state index contributed by atoms with van der Waals surface area (Å²) < 4.78 is 0. The molecular weight excluding hydrogens is 284 g/mol. The number of aromatic nitrogens is 2. The van der Waals surface area contributed by atoms with E-state index in [1.165, 1.54) is 0 Å². The molecule has 118 valence electrons. The lowest BCUT2D eigenvalue weighted by Crippen LogP contribution is -2.47. The molecule has 1 aromatic rings. The van der Waals surface area contributed by atoms with Crippen molar-refractivity contribution in [3.8, 4) is 0 Å². The third-order valence-electron chi connectivity index (χ3n) is 4.21. The number of anilines is 2. The topological polar surface area (TPSA) is 72.9 Å². The molecule has 0 unspecified atom stereocenters. The molecule has 22 heavy (non-hydrogen) atoms. The predicted octanol–water partition coefficient (Wildman–Crippen LogP) is -0.967. The van der Waals surface area contributed by atoms with E-state index in [-0.39, 0.29) is 0 Å². The first-order chi connectivity index (χ1) is 10.8. The summed E-state index contributed by atoms with van der Waals surface area (Å²) in [6.45, 7) is 6.04. The molecule has 0 N–H and O–H groups in total. The lowest BCUT2D eigenvalue weighted by atomic mass is 10.3. The van der Waals surface area contributed by atoms with Crippen LogP contribution in [0.3, 0.4) is 0 Å². The van der Waals surface area contributed by atoms with Crippen molar-refractivity contribution in [2.45, 2.75) is 0 Å². The van der Waals surface area contributed by atoms with Crippen LogP contribution >= 0.6 is 0 Å². The molecule has 0 bridgehead atoms. The van der Waals surface area contributed by atoms with Gasteiger partial charge in [0.2, 0.25) is 12.8 Å². The first kappa shape index (κ1) is 14.6. The molecule has 3 heterocycles. The van der Waals surface area contributed by atoms with E-state index in [0.29, 0.717) is 0 Å². The third kappa shape index (κ3) is 3.10. The van der Waals surface area contributed by atoms with Gasteiger partial charge in [0.1, 0.15) is 18.0 Å². The Morgan fingerprint density at radius 1 is 0.727 bits per heavy atom. The number of hydrogen-bond donors (Lipinski definition) is 0. The summed E-state index contributed by atoms with van der Waals surface area (Å²) in [5, 5.41) is 0. The average Bonchev–Trinajstić information content (AvgIpc) is 2.62. The summed E-state index contributed by atoms with van der Waals surface area (Å²) in [6.07, 6.45) is 3.38. The number of piperazine rings is 2. The first-order valence-corrected chi connectivity index (χ1v) is 7.51. The summed E-state index contributed by atoms with van der Waals surface area (Å²) in [6, 6.07) is 1.99. The molecule has 0 atom stereocenters. The summed E-state index contributed by atoms with van der Waals surface area (Å²) >= 11 is 0. The van der Waals surface area contributed by atoms with Crippen molar-refractivity contribution in [2.75, 3.05) is 62.2 Å². The van der Waals surface area contributed by atoms with Gasteiger partial charge in [-0.1, -0.05) is 0 Å². The molecule has 8 nitrogen and oxygen atoms in total. The van der Waals surface area contributed by atoms with Gasteiger partial charge in [-0.25, -0.2) is 9.97 Å². The molecule has 2 aliphatic heterocycles. The molecule has 3 rings (SSSR count). The van der Waals surface area contributed by atoms with Crippen LogP contribution in [0.4, 0.5) is 11.6 Å². The zero-order valence-corrected chi connectivity index (χ0v) is 12.5. The van der Waals surface area contributed by atoms with Crippen molar-refractivity contribution in [3.05, 3.63) is 12.4 Å². The Balaban J connectivity index is 1.65. The molecule has 0 aliphatic carbocycles. The van der Waals surface area contributed by atoms with Crippen LogP contribution in [-0.2, 0) is 9.59 Å². The normalized spacial score (nSPS) is 19.3. The van der Waals surface area contributed by atoms with Gasteiger partial charge in [-0.15, -0.1) is 0 Å². The highest BCUT2D eigenvalue weighted by atomic mass is 16.1. The van der Waals surface area contributed by atoms with Crippen LogP contribution < -0.4 is 9.80 Å².